The van der Waals surface area contributed by atoms with Crippen LogP contribution in [0.15, 0.2) is 0 Å². The van der Waals surface area contributed by atoms with Crippen LogP contribution in [0.5, 0.6) is 0 Å². The standard InChI is InChI=1S/C7H17N2P/c1-2-6-3-9(5-10)4-7(6)8/h6-7H,2-5,8,10H2,1H3/t6-,7-/m0/s1. The first kappa shape index (κ1) is 8.45. The van der Waals surface area contributed by atoms with Crippen LogP contribution in [0.25, 0.3) is 0 Å². The van der Waals surface area contributed by atoms with Crippen LogP contribution < -0.4 is 5.73 Å². The molecule has 1 unspecified atom stereocenters. The summed E-state index contributed by atoms with van der Waals surface area (Å²) in [4.78, 5) is 2.39. The molecule has 0 spiro atoms. The van der Waals surface area contributed by atoms with Gasteiger partial charge in [-0.3, -0.25) is 4.90 Å². The lowest BCUT2D eigenvalue weighted by atomic mass is 10.0. The Kier molecular flexibility index (Phi) is 3.09. The minimum atomic E-state index is 0.422. The van der Waals surface area contributed by atoms with Crippen LogP contribution in [0.2, 0.25) is 0 Å². The molecule has 0 saturated carbocycles. The van der Waals surface area contributed by atoms with Gasteiger partial charge in [-0.05, 0) is 5.92 Å². The van der Waals surface area contributed by atoms with Crippen molar-refractivity contribution in [2.24, 2.45) is 11.7 Å². The maximum atomic E-state index is 5.90. The van der Waals surface area contributed by atoms with Crippen LogP contribution in [0.3, 0.4) is 0 Å². The number of nitrogens with zero attached hydrogens (tertiary/aromatic N) is 1. The highest BCUT2D eigenvalue weighted by molar-refractivity contribution is 7.16. The Bertz CT molecular complexity index is 108. The molecular formula is C7H17N2P. The van der Waals surface area contributed by atoms with Gasteiger partial charge in [0.05, 0.1) is 0 Å². The molecule has 0 amide bonds. The van der Waals surface area contributed by atoms with Gasteiger partial charge in [0.15, 0.2) is 0 Å². The molecule has 0 aromatic heterocycles. The number of nitrogens with two attached hydrogens (primary N) is 1. The summed E-state index contributed by atoms with van der Waals surface area (Å²) in [5.74, 6) is 0.737. The van der Waals surface area contributed by atoms with Gasteiger partial charge in [0.1, 0.15) is 0 Å². The van der Waals surface area contributed by atoms with Crippen molar-refractivity contribution < 1.29 is 0 Å². The number of rotatable bonds is 2. The molecule has 2 nitrogen and oxygen atoms in total. The molecule has 0 aromatic rings. The second-order valence-electron chi connectivity index (χ2n) is 3.05. The monoisotopic (exact) mass is 160 g/mol. The second-order valence-corrected chi connectivity index (χ2v) is 3.42. The predicted octanol–water partition coefficient (Wildman–Crippen LogP) is 0.488. The zero-order chi connectivity index (χ0) is 7.56. The Morgan fingerprint density at radius 2 is 2.30 bits per heavy atom. The summed E-state index contributed by atoms with van der Waals surface area (Å²) in [7, 11) is 2.75. The molecule has 0 aliphatic carbocycles. The summed E-state index contributed by atoms with van der Waals surface area (Å²) in [5.41, 5.74) is 5.90. The van der Waals surface area contributed by atoms with Gasteiger partial charge >= 0.3 is 0 Å². The fourth-order valence-corrected chi connectivity index (χ4v) is 1.87. The van der Waals surface area contributed by atoms with Crippen molar-refractivity contribution in [3.05, 3.63) is 0 Å². The Balaban J connectivity index is 2.36. The summed E-state index contributed by atoms with van der Waals surface area (Å²) in [6, 6.07) is 0.422. The third kappa shape index (κ3) is 1.69. The smallest absolute Gasteiger partial charge is 0.0208 e. The molecule has 1 heterocycles. The predicted molar refractivity (Wildman–Crippen MR) is 47.9 cm³/mol. The maximum Gasteiger partial charge on any atom is 0.0208 e. The average molecular weight is 160 g/mol. The van der Waals surface area contributed by atoms with Crippen LogP contribution in [-0.4, -0.2) is 30.3 Å². The van der Waals surface area contributed by atoms with Crippen LogP contribution >= 0.6 is 9.24 Å². The van der Waals surface area contributed by atoms with E-state index in [1.807, 2.05) is 0 Å². The molecule has 1 fully saturated rings. The van der Waals surface area contributed by atoms with E-state index >= 15 is 0 Å². The molecule has 1 aliphatic rings. The molecular weight excluding hydrogens is 143 g/mol. The number of hydrogen-bond acceptors (Lipinski definition) is 2. The van der Waals surface area contributed by atoms with Crippen LogP contribution in [-0.2, 0) is 0 Å². The minimum absolute atomic E-state index is 0.422. The Morgan fingerprint density at radius 1 is 1.60 bits per heavy atom. The Labute approximate surface area is 65.4 Å². The number of hydrogen-bond donors (Lipinski definition) is 1. The molecule has 0 radical (unpaired) electrons. The molecule has 0 aromatic carbocycles. The molecule has 1 rings (SSSR count). The van der Waals surface area contributed by atoms with Crippen molar-refractivity contribution in [1.82, 2.24) is 4.90 Å². The zero-order valence-corrected chi connectivity index (χ0v) is 7.74. The van der Waals surface area contributed by atoms with E-state index in [1.54, 1.807) is 0 Å². The molecule has 3 atom stereocenters. The molecule has 0 bridgehead atoms. The van der Waals surface area contributed by atoms with E-state index < -0.39 is 0 Å². The quantitative estimate of drug-likeness (QED) is 0.596. The third-order valence-electron chi connectivity index (χ3n) is 2.35. The van der Waals surface area contributed by atoms with Crippen molar-refractivity contribution in [3.63, 3.8) is 0 Å². The summed E-state index contributed by atoms with van der Waals surface area (Å²) in [5, 5.41) is 0. The summed E-state index contributed by atoms with van der Waals surface area (Å²) >= 11 is 0. The van der Waals surface area contributed by atoms with E-state index in [4.69, 9.17) is 5.73 Å². The highest BCUT2D eigenvalue weighted by Crippen LogP contribution is 2.18. The second kappa shape index (κ2) is 3.66. The van der Waals surface area contributed by atoms with Gasteiger partial charge in [0.25, 0.3) is 0 Å². The molecule has 10 heavy (non-hydrogen) atoms. The van der Waals surface area contributed by atoms with Gasteiger partial charge in [-0.15, -0.1) is 9.24 Å². The molecule has 1 saturated heterocycles. The molecule has 60 valence electrons. The Morgan fingerprint density at radius 3 is 2.60 bits per heavy atom. The third-order valence-corrected chi connectivity index (χ3v) is 2.87. The van der Waals surface area contributed by atoms with E-state index in [-0.39, 0.29) is 0 Å². The lowest BCUT2D eigenvalue weighted by Crippen LogP contribution is -2.29. The largest absolute Gasteiger partial charge is 0.326 e. The summed E-state index contributed by atoms with van der Waals surface area (Å²) in [6.45, 7) is 4.50. The minimum Gasteiger partial charge on any atom is -0.326 e. The van der Waals surface area contributed by atoms with Gasteiger partial charge in [-0.25, -0.2) is 0 Å². The maximum absolute atomic E-state index is 5.90. The molecule has 1 aliphatic heterocycles. The first-order chi connectivity index (χ1) is 4.77. The van der Waals surface area contributed by atoms with Gasteiger partial charge < -0.3 is 5.73 Å². The molecule has 2 N–H and O–H groups in total. The van der Waals surface area contributed by atoms with E-state index in [0.717, 1.165) is 18.7 Å². The highest BCUT2D eigenvalue weighted by Gasteiger charge is 2.27. The summed E-state index contributed by atoms with van der Waals surface area (Å²) < 4.78 is 0. The van der Waals surface area contributed by atoms with Crippen LogP contribution in [0, 0.1) is 5.92 Å². The van der Waals surface area contributed by atoms with Gasteiger partial charge in [-0.1, -0.05) is 13.3 Å². The van der Waals surface area contributed by atoms with Crippen molar-refractivity contribution in [2.45, 2.75) is 19.4 Å². The van der Waals surface area contributed by atoms with E-state index in [0.29, 0.717) is 6.04 Å². The summed E-state index contributed by atoms with van der Waals surface area (Å²) in [6.07, 6.45) is 2.30. The van der Waals surface area contributed by atoms with Crippen molar-refractivity contribution >= 4 is 9.24 Å². The first-order valence-electron chi connectivity index (χ1n) is 3.96. The number of likely N-dealkylation sites (tertiary alicyclic amines) is 1. The fourth-order valence-electron chi connectivity index (χ4n) is 1.57. The lowest BCUT2D eigenvalue weighted by molar-refractivity contribution is 0.377. The average Bonchev–Trinajstić information content (AvgIpc) is 2.30. The normalized spacial score (nSPS) is 35.1. The van der Waals surface area contributed by atoms with Crippen molar-refractivity contribution in [1.29, 1.82) is 0 Å². The highest BCUT2D eigenvalue weighted by atomic mass is 31.0. The van der Waals surface area contributed by atoms with E-state index in [9.17, 15) is 0 Å². The molecule has 3 heteroatoms. The van der Waals surface area contributed by atoms with Gasteiger partial charge in [0, 0.05) is 25.4 Å². The van der Waals surface area contributed by atoms with E-state index in [2.05, 4.69) is 21.1 Å². The van der Waals surface area contributed by atoms with Crippen molar-refractivity contribution in [3.8, 4) is 0 Å². The van der Waals surface area contributed by atoms with Crippen LogP contribution in [0.4, 0.5) is 0 Å². The van der Waals surface area contributed by atoms with Gasteiger partial charge in [0.2, 0.25) is 0 Å². The van der Waals surface area contributed by atoms with Crippen LogP contribution in [0.1, 0.15) is 13.3 Å². The lowest BCUT2D eigenvalue weighted by Gasteiger charge is -2.10. The fraction of sp³-hybridized carbons (Fsp3) is 1.00. The Hall–Kier alpha value is 0.350. The zero-order valence-electron chi connectivity index (χ0n) is 6.59. The van der Waals surface area contributed by atoms with Crippen molar-refractivity contribution in [2.75, 3.05) is 19.4 Å². The van der Waals surface area contributed by atoms with E-state index in [1.165, 1.54) is 13.0 Å². The topological polar surface area (TPSA) is 29.3 Å². The first-order valence-corrected chi connectivity index (χ1v) is 4.77. The van der Waals surface area contributed by atoms with Gasteiger partial charge in [-0.2, -0.15) is 0 Å². The SMILES string of the molecule is CC[C@H]1CN(CP)C[C@@H]1N.